The first-order valence-electron chi connectivity index (χ1n) is 28.6. The van der Waals surface area contributed by atoms with Crippen LogP contribution < -0.4 is 0 Å². The molecule has 61 heavy (non-hydrogen) atoms. The van der Waals surface area contributed by atoms with Gasteiger partial charge >= 0.3 is 0 Å². The van der Waals surface area contributed by atoms with Crippen molar-refractivity contribution in [2.24, 2.45) is 88.8 Å². The van der Waals surface area contributed by atoms with E-state index in [1.807, 2.05) is 0 Å². The summed E-state index contributed by atoms with van der Waals surface area (Å²) >= 11 is 0. The first-order valence-corrected chi connectivity index (χ1v) is 28.6. The highest BCUT2D eigenvalue weighted by Crippen LogP contribution is 2.48. The fourth-order valence-corrected chi connectivity index (χ4v) is 15.2. The third-order valence-corrected chi connectivity index (χ3v) is 20.2. The molecule has 0 saturated heterocycles. The second-order valence-electron chi connectivity index (χ2n) is 23.9. The summed E-state index contributed by atoms with van der Waals surface area (Å²) in [5.74, 6) is 15.6. The van der Waals surface area contributed by atoms with Gasteiger partial charge in [-0.2, -0.15) is 0 Å². The minimum absolute atomic E-state index is 0. The fraction of sp³-hybridized carbons (Fsp3) is 0.869. The monoisotopic (exact) mass is 847 g/mol. The second-order valence-corrected chi connectivity index (χ2v) is 23.9. The average Bonchev–Trinajstić information content (AvgIpc) is 3.24. The molecule has 0 radical (unpaired) electrons. The SMILES string of the molecule is C/C=C/C1CCC(/C=C/C2CCC(C3CCC3)CC2)CC1.C/C=C/C1CCC(C2CCC(C3CCC3)CC2)CC1.C/C=C/C1CCC(CCC2CCC(C3CCC3)CC2)CC1.[HH].[HH].[HH].[HH].[HH].[HH]. The molecular weight excluding hydrogens is 733 g/mol. The Morgan fingerprint density at radius 1 is 0.246 bits per heavy atom. The van der Waals surface area contributed by atoms with Gasteiger partial charge in [0.1, 0.15) is 0 Å². The zero-order valence-corrected chi connectivity index (χ0v) is 41.0. The Morgan fingerprint density at radius 2 is 0.443 bits per heavy atom. The Labute approximate surface area is 390 Å². The molecular formula is C61H114. The maximum absolute atomic E-state index is 2.61. The second kappa shape index (κ2) is 26.2. The molecule has 0 aliphatic heterocycles. The Balaban J connectivity index is 0.000000482. The predicted octanol–water partition coefficient (Wildman–Crippen LogP) is 20.7. The van der Waals surface area contributed by atoms with Crippen LogP contribution in [0.4, 0.5) is 0 Å². The van der Waals surface area contributed by atoms with Gasteiger partial charge in [-0.05, 0) is 251 Å². The minimum atomic E-state index is 0. The molecule has 9 saturated carbocycles. The lowest BCUT2D eigenvalue weighted by atomic mass is 9.64. The zero-order chi connectivity index (χ0) is 42.1. The number of allylic oxidation sites excluding steroid dienone is 8. The summed E-state index contributed by atoms with van der Waals surface area (Å²) in [5, 5.41) is 0. The molecule has 9 aliphatic rings. The quantitative estimate of drug-likeness (QED) is 0.172. The first-order chi connectivity index (χ1) is 30.1. The predicted molar refractivity (Wildman–Crippen MR) is 280 cm³/mol. The van der Waals surface area contributed by atoms with Gasteiger partial charge in [0, 0.05) is 8.56 Å². The highest BCUT2D eigenvalue weighted by Gasteiger charge is 2.35. The van der Waals surface area contributed by atoms with E-state index >= 15 is 0 Å². The van der Waals surface area contributed by atoms with Crippen LogP contribution in [0.1, 0.15) is 254 Å². The lowest BCUT2D eigenvalue weighted by Crippen LogP contribution is -2.30. The van der Waals surface area contributed by atoms with E-state index in [9.17, 15) is 0 Å². The van der Waals surface area contributed by atoms with E-state index in [-0.39, 0.29) is 8.56 Å². The largest absolute Gasteiger partial charge is 0.0914 e. The standard InChI is InChI=1S/C21H36.C21H34.C19H32.6H2/c2*1-2-4-17-7-9-18(10-8-17)11-12-19-13-15-21(16-14-19)20-5-3-6-20;1-2-4-15-7-9-17(10-8-15)19-13-11-18(12-14-19)16-5-3-6-16;;;;;;/h2,4,17-21H,3,5-16H2,1H3;2,4,11-12,17-21H,3,5-10,13-16H2,1H3;2,4,15-19H,3,5-14H2,1H3;6*1H/b4-2+;4-2+,12-11+;4-2+;;;;;;. The van der Waals surface area contributed by atoms with Crippen molar-refractivity contribution in [2.75, 3.05) is 0 Å². The van der Waals surface area contributed by atoms with Gasteiger partial charge in [0.2, 0.25) is 0 Å². The van der Waals surface area contributed by atoms with Gasteiger partial charge in [-0.15, -0.1) is 0 Å². The van der Waals surface area contributed by atoms with Gasteiger partial charge in [-0.1, -0.05) is 132 Å². The molecule has 0 bridgehead atoms. The van der Waals surface area contributed by atoms with Gasteiger partial charge in [-0.25, -0.2) is 0 Å². The topological polar surface area (TPSA) is 0 Å². The van der Waals surface area contributed by atoms with E-state index in [0.717, 1.165) is 88.8 Å². The molecule has 0 nitrogen and oxygen atoms in total. The maximum atomic E-state index is 2.61. The summed E-state index contributed by atoms with van der Waals surface area (Å²) in [6.45, 7) is 6.51. The van der Waals surface area contributed by atoms with Crippen LogP contribution in [0.5, 0.6) is 0 Å². The number of hydrogen-bond donors (Lipinski definition) is 0. The molecule has 0 aromatic rings. The Kier molecular flexibility index (Phi) is 20.6. The molecule has 0 aromatic heterocycles. The van der Waals surface area contributed by atoms with Crippen molar-refractivity contribution < 1.29 is 8.56 Å². The van der Waals surface area contributed by atoms with Crippen LogP contribution in [0.3, 0.4) is 0 Å². The summed E-state index contributed by atoms with van der Waals surface area (Å²) < 4.78 is 0. The van der Waals surface area contributed by atoms with Crippen LogP contribution in [0.25, 0.3) is 0 Å². The molecule has 0 unspecified atom stereocenters. The van der Waals surface area contributed by atoms with E-state index in [4.69, 9.17) is 0 Å². The Bertz CT molecular complexity index is 1280. The van der Waals surface area contributed by atoms with Crippen LogP contribution in [-0.2, 0) is 0 Å². The van der Waals surface area contributed by atoms with Crippen molar-refractivity contribution in [2.45, 2.75) is 245 Å². The molecule has 358 valence electrons. The third-order valence-electron chi connectivity index (χ3n) is 20.2. The summed E-state index contributed by atoms with van der Waals surface area (Å²) in [6.07, 6.45) is 72.4. The smallest absolute Gasteiger partial charge is 0 e. The lowest BCUT2D eigenvalue weighted by molar-refractivity contribution is 0.102. The van der Waals surface area contributed by atoms with Crippen molar-refractivity contribution >= 4 is 0 Å². The fourth-order valence-electron chi connectivity index (χ4n) is 15.2. The summed E-state index contributed by atoms with van der Waals surface area (Å²) in [4.78, 5) is 0. The van der Waals surface area contributed by atoms with Crippen LogP contribution in [0.15, 0.2) is 48.6 Å². The van der Waals surface area contributed by atoms with Crippen molar-refractivity contribution in [1.82, 2.24) is 0 Å². The highest BCUT2D eigenvalue weighted by atomic mass is 14.4. The van der Waals surface area contributed by atoms with Gasteiger partial charge in [0.15, 0.2) is 0 Å². The summed E-state index contributed by atoms with van der Waals surface area (Å²) in [5.41, 5.74) is 0. The van der Waals surface area contributed by atoms with Crippen LogP contribution in [-0.4, -0.2) is 0 Å². The van der Waals surface area contributed by atoms with Crippen LogP contribution in [0, 0.1) is 88.8 Å². The van der Waals surface area contributed by atoms with E-state index in [1.165, 1.54) is 122 Å². The van der Waals surface area contributed by atoms with Gasteiger partial charge < -0.3 is 0 Å². The Morgan fingerprint density at radius 3 is 0.705 bits per heavy atom. The third kappa shape index (κ3) is 15.3. The van der Waals surface area contributed by atoms with Crippen molar-refractivity contribution in [1.29, 1.82) is 0 Å². The van der Waals surface area contributed by atoms with Gasteiger partial charge in [-0.3, -0.25) is 0 Å². The number of hydrogen-bond acceptors (Lipinski definition) is 0. The van der Waals surface area contributed by atoms with E-state index in [0.29, 0.717) is 0 Å². The molecule has 9 rings (SSSR count). The molecule has 0 spiro atoms. The van der Waals surface area contributed by atoms with Gasteiger partial charge in [0.05, 0.1) is 0 Å². The van der Waals surface area contributed by atoms with Crippen molar-refractivity contribution in [3.8, 4) is 0 Å². The molecule has 0 amide bonds. The summed E-state index contributed by atoms with van der Waals surface area (Å²) in [6, 6.07) is 0. The number of rotatable bonds is 12. The van der Waals surface area contributed by atoms with E-state index in [2.05, 4.69) is 69.4 Å². The molecule has 0 atom stereocenters. The normalized spacial score (nSPS) is 39.5. The van der Waals surface area contributed by atoms with E-state index < -0.39 is 0 Å². The van der Waals surface area contributed by atoms with Crippen molar-refractivity contribution in [3.63, 3.8) is 0 Å². The van der Waals surface area contributed by atoms with Crippen LogP contribution in [0.2, 0.25) is 0 Å². The maximum Gasteiger partial charge on any atom is 0 e. The Hall–Kier alpha value is -1.04. The van der Waals surface area contributed by atoms with Crippen molar-refractivity contribution in [3.05, 3.63) is 48.6 Å². The molecule has 0 heteroatoms. The molecule has 0 N–H and O–H groups in total. The highest BCUT2D eigenvalue weighted by molar-refractivity contribution is 4.99. The van der Waals surface area contributed by atoms with E-state index in [1.54, 1.807) is 103 Å². The van der Waals surface area contributed by atoms with Crippen LogP contribution >= 0.6 is 0 Å². The zero-order valence-electron chi connectivity index (χ0n) is 41.0. The molecule has 0 aromatic carbocycles. The molecule has 0 heterocycles. The molecule has 9 fully saturated rings. The summed E-state index contributed by atoms with van der Waals surface area (Å²) in [7, 11) is 0. The molecule has 9 aliphatic carbocycles. The van der Waals surface area contributed by atoms with Gasteiger partial charge in [0.25, 0.3) is 0 Å². The first kappa shape index (κ1) is 47.9. The minimum Gasteiger partial charge on any atom is -0.0914 e. The lowest BCUT2D eigenvalue weighted by Gasteiger charge is -2.41. The average molecular weight is 848 g/mol.